The van der Waals surface area contributed by atoms with Crippen LogP contribution in [-0.2, 0) is 11.3 Å². The van der Waals surface area contributed by atoms with Crippen LogP contribution in [0.15, 0.2) is 42.5 Å². The fraction of sp³-hybridized carbons (Fsp3) is 0.133. The van der Waals surface area contributed by atoms with Gasteiger partial charge < -0.3 is 10.1 Å². The Hall–Kier alpha value is -2.40. The fourth-order valence-electron chi connectivity index (χ4n) is 2.12. The standard InChI is InChI=1S/C15H14FN3O/c1-20-9-10-5-6-14-13(7-10)15(19-18-14)17-12-4-2-3-11(16)8-12/h2-8H,9H2,1H3,(H2,17,18,19). The highest BCUT2D eigenvalue weighted by molar-refractivity contribution is 5.91. The van der Waals surface area contributed by atoms with Crippen molar-refractivity contribution in [2.75, 3.05) is 12.4 Å². The molecule has 0 unspecified atom stereocenters. The molecule has 1 heterocycles. The molecule has 0 atom stereocenters. The Morgan fingerprint density at radius 1 is 1.25 bits per heavy atom. The summed E-state index contributed by atoms with van der Waals surface area (Å²) in [6, 6.07) is 12.2. The number of hydrogen-bond donors (Lipinski definition) is 2. The average Bonchev–Trinajstić information content (AvgIpc) is 2.82. The zero-order valence-corrected chi connectivity index (χ0v) is 11.0. The van der Waals surface area contributed by atoms with Crippen LogP contribution in [-0.4, -0.2) is 17.3 Å². The van der Waals surface area contributed by atoms with Crippen molar-refractivity contribution < 1.29 is 9.13 Å². The van der Waals surface area contributed by atoms with E-state index in [4.69, 9.17) is 4.74 Å². The van der Waals surface area contributed by atoms with E-state index in [1.165, 1.54) is 12.1 Å². The van der Waals surface area contributed by atoms with E-state index in [1.807, 2.05) is 18.2 Å². The molecule has 1 aromatic heterocycles. The maximum Gasteiger partial charge on any atom is 0.160 e. The van der Waals surface area contributed by atoms with Crippen LogP contribution in [0.2, 0.25) is 0 Å². The summed E-state index contributed by atoms with van der Waals surface area (Å²) in [5.41, 5.74) is 2.64. The van der Waals surface area contributed by atoms with Crippen molar-refractivity contribution in [3.05, 3.63) is 53.8 Å². The Bertz CT molecular complexity index is 739. The summed E-state index contributed by atoms with van der Waals surface area (Å²) in [6.45, 7) is 0.542. The molecule has 2 N–H and O–H groups in total. The van der Waals surface area contributed by atoms with Gasteiger partial charge in [0.15, 0.2) is 5.82 Å². The van der Waals surface area contributed by atoms with E-state index in [0.29, 0.717) is 18.1 Å². The first-order chi connectivity index (χ1) is 9.76. The normalized spacial score (nSPS) is 10.9. The minimum Gasteiger partial charge on any atom is -0.380 e. The van der Waals surface area contributed by atoms with Gasteiger partial charge in [-0.15, -0.1) is 0 Å². The molecule has 3 aromatic rings. The van der Waals surface area contributed by atoms with Gasteiger partial charge in [0.25, 0.3) is 0 Å². The maximum atomic E-state index is 13.2. The number of anilines is 2. The van der Waals surface area contributed by atoms with E-state index >= 15 is 0 Å². The van der Waals surface area contributed by atoms with E-state index in [0.717, 1.165) is 16.5 Å². The molecule has 0 saturated heterocycles. The number of benzene rings is 2. The molecule has 0 aliphatic rings. The van der Waals surface area contributed by atoms with E-state index in [9.17, 15) is 4.39 Å². The molecule has 0 amide bonds. The van der Waals surface area contributed by atoms with Gasteiger partial charge in [-0.05, 0) is 35.9 Å². The zero-order chi connectivity index (χ0) is 13.9. The number of aromatic amines is 1. The van der Waals surface area contributed by atoms with Crippen molar-refractivity contribution >= 4 is 22.4 Å². The minimum atomic E-state index is -0.282. The van der Waals surface area contributed by atoms with Crippen molar-refractivity contribution in [3.8, 4) is 0 Å². The molecule has 20 heavy (non-hydrogen) atoms. The SMILES string of the molecule is COCc1ccc2[nH]nc(Nc3cccc(F)c3)c2c1. The lowest BCUT2D eigenvalue weighted by Gasteiger charge is -2.04. The second-order valence-corrected chi connectivity index (χ2v) is 4.52. The predicted molar refractivity (Wildman–Crippen MR) is 76.5 cm³/mol. The van der Waals surface area contributed by atoms with Gasteiger partial charge in [0.1, 0.15) is 5.82 Å². The summed E-state index contributed by atoms with van der Waals surface area (Å²) in [4.78, 5) is 0. The summed E-state index contributed by atoms with van der Waals surface area (Å²) in [5, 5.41) is 11.2. The fourth-order valence-corrected chi connectivity index (χ4v) is 2.12. The third-order valence-electron chi connectivity index (χ3n) is 3.03. The average molecular weight is 271 g/mol. The Balaban J connectivity index is 1.96. The van der Waals surface area contributed by atoms with Gasteiger partial charge >= 0.3 is 0 Å². The Kier molecular flexibility index (Phi) is 3.35. The first-order valence-electron chi connectivity index (χ1n) is 6.25. The lowest BCUT2D eigenvalue weighted by molar-refractivity contribution is 0.185. The lowest BCUT2D eigenvalue weighted by Crippen LogP contribution is -1.92. The Labute approximate surface area is 115 Å². The molecule has 0 fully saturated rings. The van der Waals surface area contributed by atoms with Crippen LogP contribution in [0, 0.1) is 5.82 Å². The summed E-state index contributed by atoms with van der Waals surface area (Å²) in [5.74, 6) is 0.387. The summed E-state index contributed by atoms with van der Waals surface area (Å²) in [7, 11) is 1.66. The van der Waals surface area contributed by atoms with E-state index in [2.05, 4.69) is 15.5 Å². The summed E-state index contributed by atoms with van der Waals surface area (Å²) in [6.07, 6.45) is 0. The quantitative estimate of drug-likeness (QED) is 0.762. The number of methoxy groups -OCH3 is 1. The van der Waals surface area contributed by atoms with Crippen LogP contribution in [0.4, 0.5) is 15.9 Å². The van der Waals surface area contributed by atoms with Crippen molar-refractivity contribution in [1.82, 2.24) is 10.2 Å². The van der Waals surface area contributed by atoms with E-state index in [1.54, 1.807) is 19.2 Å². The Morgan fingerprint density at radius 3 is 2.95 bits per heavy atom. The molecule has 3 rings (SSSR count). The second-order valence-electron chi connectivity index (χ2n) is 4.52. The molecule has 0 bridgehead atoms. The van der Waals surface area contributed by atoms with Gasteiger partial charge in [-0.1, -0.05) is 12.1 Å². The number of nitrogens with one attached hydrogen (secondary N) is 2. The number of fused-ring (bicyclic) bond motifs is 1. The molecule has 5 heteroatoms. The molecule has 102 valence electrons. The monoisotopic (exact) mass is 271 g/mol. The number of rotatable bonds is 4. The predicted octanol–water partition coefficient (Wildman–Crippen LogP) is 3.59. The van der Waals surface area contributed by atoms with Gasteiger partial charge in [-0.25, -0.2) is 4.39 Å². The first kappa shape index (κ1) is 12.6. The van der Waals surface area contributed by atoms with Crippen molar-refractivity contribution in [3.63, 3.8) is 0 Å². The highest BCUT2D eigenvalue weighted by Gasteiger charge is 2.07. The number of halogens is 1. The molecule has 4 nitrogen and oxygen atoms in total. The highest BCUT2D eigenvalue weighted by atomic mass is 19.1. The topological polar surface area (TPSA) is 49.9 Å². The Morgan fingerprint density at radius 2 is 2.15 bits per heavy atom. The maximum absolute atomic E-state index is 13.2. The molecule has 2 aromatic carbocycles. The molecule has 0 spiro atoms. The number of ether oxygens (including phenoxy) is 1. The van der Waals surface area contributed by atoms with Gasteiger partial charge in [-0.3, -0.25) is 5.10 Å². The van der Waals surface area contributed by atoms with Gasteiger partial charge in [0, 0.05) is 18.2 Å². The highest BCUT2D eigenvalue weighted by Crippen LogP contribution is 2.25. The lowest BCUT2D eigenvalue weighted by atomic mass is 10.1. The van der Waals surface area contributed by atoms with Gasteiger partial charge in [0.05, 0.1) is 12.1 Å². The third kappa shape index (κ3) is 2.48. The minimum absolute atomic E-state index is 0.282. The summed E-state index contributed by atoms with van der Waals surface area (Å²) < 4.78 is 18.3. The molecular weight excluding hydrogens is 257 g/mol. The van der Waals surface area contributed by atoms with Crippen LogP contribution in [0.1, 0.15) is 5.56 Å². The first-order valence-corrected chi connectivity index (χ1v) is 6.25. The number of H-pyrrole nitrogens is 1. The molecule has 0 radical (unpaired) electrons. The number of aromatic nitrogens is 2. The largest absolute Gasteiger partial charge is 0.380 e. The van der Waals surface area contributed by atoms with Crippen LogP contribution >= 0.6 is 0 Å². The number of nitrogens with zero attached hydrogens (tertiary/aromatic N) is 1. The zero-order valence-electron chi connectivity index (χ0n) is 11.0. The van der Waals surface area contributed by atoms with Crippen LogP contribution in [0.3, 0.4) is 0 Å². The van der Waals surface area contributed by atoms with Crippen LogP contribution < -0.4 is 5.32 Å². The second kappa shape index (κ2) is 5.30. The number of hydrogen-bond acceptors (Lipinski definition) is 3. The van der Waals surface area contributed by atoms with Gasteiger partial charge in [-0.2, -0.15) is 5.10 Å². The summed E-state index contributed by atoms with van der Waals surface area (Å²) >= 11 is 0. The molecule has 0 saturated carbocycles. The van der Waals surface area contributed by atoms with Crippen LogP contribution in [0.5, 0.6) is 0 Å². The molecule has 0 aliphatic carbocycles. The molecular formula is C15H14FN3O. The van der Waals surface area contributed by atoms with E-state index < -0.39 is 0 Å². The van der Waals surface area contributed by atoms with Crippen molar-refractivity contribution in [1.29, 1.82) is 0 Å². The van der Waals surface area contributed by atoms with E-state index in [-0.39, 0.29) is 5.82 Å². The molecule has 0 aliphatic heterocycles. The third-order valence-corrected chi connectivity index (χ3v) is 3.03. The van der Waals surface area contributed by atoms with Crippen LogP contribution in [0.25, 0.3) is 10.9 Å². The van der Waals surface area contributed by atoms with Crippen molar-refractivity contribution in [2.24, 2.45) is 0 Å². The smallest absolute Gasteiger partial charge is 0.160 e. The van der Waals surface area contributed by atoms with Crippen molar-refractivity contribution in [2.45, 2.75) is 6.61 Å². The van der Waals surface area contributed by atoms with Gasteiger partial charge in [0.2, 0.25) is 0 Å².